The third-order valence-corrected chi connectivity index (χ3v) is 2.40. The number of hydrogen-bond donors (Lipinski definition) is 1. The molecule has 0 spiro atoms. The second-order valence-corrected chi connectivity index (χ2v) is 4.65. The zero-order valence-corrected chi connectivity index (χ0v) is 10.1. The smallest absolute Gasteiger partial charge is 0.303 e. The van der Waals surface area contributed by atoms with Crippen molar-refractivity contribution in [1.29, 1.82) is 0 Å². The van der Waals surface area contributed by atoms with Gasteiger partial charge in [-0.05, 0) is 44.5 Å². The molecule has 0 amide bonds. The van der Waals surface area contributed by atoms with E-state index in [0.29, 0.717) is 17.2 Å². The molecular weight excluding hydrogens is 228 g/mol. The summed E-state index contributed by atoms with van der Waals surface area (Å²) in [5.74, 6) is -0.118. The molecule has 0 saturated heterocycles. The molecule has 0 radical (unpaired) electrons. The van der Waals surface area contributed by atoms with Crippen molar-refractivity contribution < 1.29 is 14.6 Å². The summed E-state index contributed by atoms with van der Waals surface area (Å²) in [6, 6.07) is 7.02. The van der Waals surface area contributed by atoms with Gasteiger partial charge < -0.3 is 9.84 Å². The van der Waals surface area contributed by atoms with Crippen LogP contribution < -0.4 is 4.74 Å². The highest BCUT2D eigenvalue weighted by Crippen LogP contribution is 2.23. The van der Waals surface area contributed by atoms with Crippen molar-refractivity contribution in [1.82, 2.24) is 0 Å². The Hall–Kier alpha value is -1.22. The maximum Gasteiger partial charge on any atom is 0.303 e. The summed E-state index contributed by atoms with van der Waals surface area (Å²) in [5, 5.41) is 9.26. The van der Waals surface area contributed by atoms with Crippen LogP contribution in [0.1, 0.15) is 26.7 Å². The number of carbonyl (C=O) groups is 1. The average molecular weight is 243 g/mol. The second kappa shape index (κ2) is 5.21. The van der Waals surface area contributed by atoms with Gasteiger partial charge in [-0.2, -0.15) is 0 Å². The van der Waals surface area contributed by atoms with Crippen LogP contribution in [0.5, 0.6) is 5.75 Å². The first-order valence-corrected chi connectivity index (χ1v) is 5.43. The molecular formula is C12H15ClO3. The number of benzene rings is 1. The van der Waals surface area contributed by atoms with Gasteiger partial charge in [0.2, 0.25) is 0 Å². The lowest BCUT2D eigenvalue weighted by Crippen LogP contribution is -2.28. The van der Waals surface area contributed by atoms with E-state index in [1.54, 1.807) is 24.3 Å². The van der Waals surface area contributed by atoms with Gasteiger partial charge in [-0.15, -0.1) is 0 Å². The predicted molar refractivity (Wildman–Crippen MR) is 63.0 cm³/mol. The van der Waals surface area contributed by atoms with Gasteiger partial charge in [-0.3, -0.25) is 4.79 Å². The summed E-state index contributed by atoms with van der Waals surface area (Å²) >= 11 is 5.75. The maximum atomic E-state index is 10.5. The quantitative estimate of drug-likeness (QED) is 0.861. The highest BCUT2D eigenvalue weighted by Gasteiger charge is 2.20. The highest BCUT2D eigenvalue weighted by molar-refractivity contribution is 6.30. The van der Waals surface area contributed by atoms with Crippen molar-refractivity contribution >= 4 is 17.6 Å². The number of hydrogen-bond acceptors (Lipinski definition) is 2. The first-order valence-electron chi connectivity index (χ1n) is 5.05. The summed E-state index contributed by atoms with van der Waals surface area (Å²) in [5.41, 5.74) is -0.494. The fourth-order valence-corrected chi connectivity index (χ4v) is 1.41. The Morgan fingerprint density at radius 1 is 1.38 bits per heavy atom. The molecule has 0 aliphatic rings. The number of carboxylic acid groups (broad SMARTS) is 1. The molecule has 0 aromatic heterocycles. The van der Waals surface area contributed by atoms with Gasteiger partial charge in [0.15, 0.2) is 0 Å². The number of carboxylic acids is 1. The Morgan fingerprint density at radius 2 is 1.94 bits per heavy atom. The van der Waals surface area contributed by atoms with Crippen LogP contribution in [-0.2, 0) is 4.79 Å². The molecule has 1 rings (SSSR count). The zero-order chi connectivity index (χ0) is 12.2. The van der Waals surface area contributed by atoms with Gasteiger partial charge >= 0.3 is 5.97 Å². The predicted octanol–water partition coefficient (Wildman–Crippen LogP) is 3.36. The Kier molecular flexibility index (Phi) is 4.19. The summed E-state index contributed by atoms with van der Waals surface area (Å²) in [7, 11) is 0. The molecule has 16 heavy (non-hydrogen) atoms. The Labute approximate surface area is 100.0 Å². The van der Waals surface area contributed by atoms with Crippen LogP contribution in [-0.4, -0.2) is 16.7 Å². The molecule has 0 unspecified atom stereocenters. The minimum atomic E-state index is -0.812. The SMILES string of the molecule is CC(C)(CCC(=O)O)Oc1ccc(Cl)cc1. The molecule has 3 nitrogen and oxygen atoms in total. The van der Waals surface area contributed by atoms with Crippen LogP contribution in [0.4, 0.5) is 0 Å². The van der Waals surface area contributed by atoms with Gasteiger partial charge in [0.1, 0.15) is 11.4 Å². The Morgan fingerprint density at radius 3 is 2.44 bits per heavy atom. The molecule has 1 aromatic rings. The molecule has 0 saturated carbocycles. The van der Waals surface area contributed by atoms with Crippen molar-refractivity contribution in [3.8, 4) is 5.75 Å². The highest BCUT2D eigenvalue weighted by atomic mass is 35.5. The monoisotopic (exact) mass is 242 g/mol. The molecule has 0 aliphatic heterocycles. The Balaban J connectivity index is 2.57. The minimum absolute atomic E-state index is 0.0978. The van der Waals surface area contributed by atoms with Crippen LogP contribution in [0.15, 0.2) is 24.3 Å². The third-order valence-electron chi connectivity index (χ3n) is 2.15. The van der Waals surface area contributed by atoms with Crippen LogP contribution in [0.2, 0.25) is 5.02 Å². The van der Waals surface area contributed by atoms with Crippen molar-refractivity contribution in [2.75, 3.05) is 0 Å². The van der Waals surface area contributed by atoms with E-state index in [1.165, 1.54) is 0 Å². The van der Waals surface area contributed by atoms with E-state index in [2.05, 4.69) is 0 Å². The van der Waals surface area contributed by atoms with E-state index >= 15 is 0 Å². The molecule has 0 fully saturated rings. The van der Waals surface area contributed by atoms with E-state index in [-0.39, 0.29) is 6.42 Å². The lowest BCUT2D eigenvalue weighted by molar-refractivity contribution is -0.138. The van der Waals surface area contributed by atoms with Crippen LogP contribution in [0, 0.1) is 0 Å². The molecule has 4 heteroatoms. The molecule has 0 atom stereocenters. The summed E-state index contributed by atoms with van der Waals surface area (Å²) in [6.45, 7) is 3.73. The van der Waals surface area contributed by atoms with E-state index in [9.17, 15) is 4.79 Å². The van der Waals surface area contributed by atoms with E-state index in [4.69, 9.17) is 21.4 Å². The molecule has 1 aromatic carbocycles. The average Bonchev–Trinajstić information content (AvgIpc) is 2.19. The number of halogens is 1. The topological polar surface area (TPSA) is 46.5 Å². The van der Waals surface area contributed by atoms with Crippen molar-refractivity contribution in [3.63, 3.8) is 0 Å². The fourth-order valence-electron chi connectivity index (χ4n) is 1.28. The van der Waals surface area contributed by atoms with Crippen molar-refractivity contribution in [2.45, 2.75) is 32.3 Å². The first kappa shape index (κ1) is 12.8. The molecule has 88 valence electrons. The third kappa shape index (κ3) is 4.53. The van der Waals surface area contributed by atoms with E-state index in [1.807, 2.05) is 13.8 Å². The largest absolute Gasteiger partial charge is 0.488 e. The van der Waals surface area contributed by atoms with Gasteiger partial charge in [0.25, 0.3) is 0 Å². The van der Waals surface area contributed by atoms with E-state index in [0.717, 1.165) is 0 Å². The summed E-state index contributed by atoms with van der Waals surface area (Å²) in [6.07, 6.45) is 0.561. The Bertz CT molecular complexity index is 357. The van der Waals surface area contributed by atoms with Crippen molar-refractivity contribution in [2.24, 2.45) is 0 Å². The fraction of sp³-hybridized carbons (Fsp3) is 0.417. The number of ether oxygens (including phenoxy) is 1. The van der Waals surface area contributed by atoms with Gasteiger partial charge in [-0.25, -0.2) is 0 Å². The lowest BCUT2D eigenvalue weighted by Gasteiger charge is -2.25. The normalized spacial score (nSPS) is 11.2. The lowest BCUT2D eigenvalue weighted by atomic mass is 10.0. The molecule has 0 heterocycles. The molecule has 0 aliphatic carbocycles. The summed E-state index contributed by atoms with van der Waals surface area (Å²) < 4.78 is 5.69. The maximum absolute atomic E-state index is 10.5. The van der Waals surface area contributed by atoms with Crippen LogP contribution >= 0.6 is 11.6 Å². The van der Waals surface area contributed by atoms with Gasteiger partial charge in [0.05, 0.1) is 0 Å². The summed E-state index contributed by atoms with van der Waals surface area (Å²) in [4.78, 5) is 10.5. The van der Waals surface area contributed by atoms with Crippen LogP contribution in [0.25, 0.3) is 0 Å². The van der Waals surface area contributed by atoms with Gasteiger partial charge in [-0.1, -0.05) is 11.6 Å². The van der Waals surface area contributed by atoms with Crippen molar-refractivity contribution in [3.05, 3.63) is 29.3 Å². The van der Waals surface area contributed by atoms with E-state index < -0.39 is 11.6 Å². The minimum Gasteiger partial charge on any atom is -0.488 e. The first-order chi connectivity index (χ1) is 7.39. The number of rotatable bonds is 5. The van der Waals surface area contributed by atoms with Gasteiger partial charge in [0, 0.05) is 11.4 Å². The number of aliphatic carboxylic acids is 1. The molecule has 0 bridgehead atoms. The van der Waals surface area contributed by atoms with Crippen LogP contribution in [0.3, 0.4) is 0 Å². The standard InChI is InChI=1S/C12H15ClO3/c1-12(2,8-7-11(14)15)16-10-5-3-9(13)4-6-10/h3-6H,7-8H2,1-2H3,(H,14,15). The molecule has 1 N–H and O–H groups in total. The zero-order valence-electron chi connectivity index (χ0n) is 9.37. The second-order valence-electron chi connectivity index (χ2n) is 4.21.